The minimum absolute atomic E-state index is 0.0615. The molecule has 0 aliphatic carbocycles. The van der Waals surface area contributed by atoms with Crippen LogP contribution in [0.4, 0.5) is 0 Å². The van der Waals surface area contributed by atoms with Crippen LogP contribution in [0.1, 0.15) is 21.5 Å². The average molecular weight is 355 g/mol. The van der Waals surface area contributed by atoms with Crippen LogP contribution in [0.15, 0.2) is 79.3 Å². The molecule has 0 amide bonds. The Kier molecular flexibility index (Phi) is 4.74. The number of carbonyl (C=O) groups is 1. The number of hydrogen-bond donors (Lipinski definition) is 1. The zero-order chi connectivity index (χ0) is 18.5. The Morgan fingerprint density at radius 1 is 1.00 bits per heavy atom. The number of benzene rings is 2. The smallest absolute Gasteiger partial charge is 0.227 e. The van der Waals surface area contributed by atoms with Gasteiger partial charge in [0.05, 0.1) is 5.39 Å². The molecule has 2 aromatic carbocycles. The number of hydrogen-bond acceptors (Lipinski definition) is 4. The standard InChI is InChI=1S/C22H17N3O2/c26-19(17-9-5-2-6-10-17)12-11-18-13-23-21-20(18)22(25-15-24-21)27-14-16-7-3-1-4-8-16/h1-13,15H,14H2,(H,23,24,25)/b12-11+. The Hall–Kier alpha value is -3.73. The van der Waals surface area contributed by atoms with E-state index < -0.39 is 0 Å². The van der Waals surface area contributed by atoms with Crippen molar-refractivity contribution in [3.8, 4) is 5.88 Å². The van der Waals surface area contributed by atoms with E-state index in [9.17, 15) is 4.79 Å². The number of ether oxygens (including phenoxy) is 1. The van der Waals surface area contributed by atoms with E-state index in [1.54, 1.807) is 30.5 Å². The number of allylic oxidation sites excluding steroid dienone is 1. The summed E-state index contributed by atoms with van der Waals surface area (Å²) < 4.78 is 5.91. The fraction of sp³-hybridized carbons (Fsp3) is 0.0455. The second-order valence-corrected chi connectivity index (χ2v) is 5.98. The van der Waals surface area contributed by atoms with Gasteiger partial charge in [0.15, 0.2) is 5.78 Å². The number of nitrogens with zero attached hydrogens (tertiary/aromatic N) is 2. The molecule has 0 saturated heterocycles. The van der Waals surface area contributed by atoms with Crippen LogP contribution < -0.4 is 4.74 Å². The predicted molar refractivity (Wildman–Crippen MR) is 104 cm³/mol. The topological polar surface area (TPSA) is 67.9 Å². The number of aromatic nitrogens is 3. The number of aromatic amines is 1. The summed E-state index contributed by atoms with van der Waals surface area (Å²) in [6.07, 6.45) is 6.56. The molecule has 27 heavy (non-hydrogen) atoms. The van der Waals surface area contributed by atoms with Crippen LogP contribution in [0.25, 0.3) is 17.1 Å². The molecule has 0 radical (unpaired) electrons. The van der Waals surface area contributed by atoms with Crippen molar-refractivity contribution in [3.05, 3.63) is 96.0 Å². The van der Waals surface area contributed by atoms with Crippen LogP contribution >= 0.6 is 0 Å². The summed E-state index contributed by atoms with van der Waals surface area (Å²) in [4.78, 5) is 23.9. The average Bonchev–Trinajstić information content (AvgIpc) is 3.15. The molecule has 0 spiro atoms. The molecule has 132 valence electrons. The minimum atomic E-state index is -0.0615. The minimum Gasteiger partial charge on any atom is -0.472 e. The Morgan fingerprint density at radius 2 is 1.74 bits per heavy atom. The molecule has 0 atom stereocenters. The molecule has 4 rings (SSSR count). The molecular formula is C22H17N3O2. The van der Waals surface area contributed by atoms with Crippen LogP contribution in [-0.2, 0) is 6.61 Å². The first-order valence-electron chi connectivity index (χ1n) is 8.57. The largest absolute Gasteiger partial charge is 0.472 e. The SMILES string of the molecule is O=C(/C=C/c1c[nH]c2ncnc(OCc3ccccc3)c12)c1ccccc1. The summed E-state index contributed by atoms with van der Waals surface area (Å²) in [7, 11) is 0. The van der Waals surface area contributed by atoms with Gasteiger partial charge in [0.1, 0.15) is 18.6 Å². The second-order valence-electron chi connectivity index (χ2n) is 5.98. The van der Waals surface area contributed by atoms with E-state index in [2.05, 4.69) is 15.0 Å². The zero-order valence-corrected chi connectivity index (χ0v) is 14.5. The molecule has 0 aliphatic heterocycles. The van der Waals surface area contributed by atoms with Gasteiger partial charge >= 0.3 is 0 Å². The number of fused-ring (bicyclic) bond motifs is 1. The van der Waals surface area contributed by atoms with E-state index in [-0.39, 0.29) is 5.78 Å². The van der Waals surface area contributed by atoms with Gasteiger partial charge in [-0.25, -0.2) is 9.97 Å². The van der Waals surface area contributed by atoms with Gasteiger partial charge in [0.25, 0.3) is 0 Å². The number of carbonyl (C=O) groups excluding carboxylic acids is 1. The number of nitrogens with one attached hydrogen (secondary N) is 1. The van der Waals surface area contributed by atoms with Crippen LogP contribution in [0.2, 0.25) is 0 Å². The van der Waals surface area contributed by atoms with Gasteiger partial charge in [-0.2, -0.15) is 0 Å². The molecule has 5 nitrogen and oxygen atoms in total. The van der Waals surface area contributed by atoms with E-state index in [4.69, 9.17) is 4.74 Å². The highest BCUT2D eigenvalue weighted by molar-refractivity contribution is 6.07. The maximum atomic E-state index is 12.3. The predicted octanol–water partition coefficient (Wildman–Crippen LogP) is 4.43. The molecule has 0 fully saturated rings. The van der Waals surface area contributed by atoms with Crippen molar-refractivity contribution in [2.24, 2.45) is 0 Å². The number of ketones is 1. The number of H-pyrrole nitrogens is 1. The highest BCUT2D eigenvalue weighted by atomic mass is 16.5. The lowest BCUT2D eigenvalue weighted by molar-refractivity contribution is 0.104. The Morgan fingerprint density at radius 3 is 2.52 bits per heavy atom. The maximum Gasteiger partial charge on any atom is 0.227 e. The van der Waals surface area contributed by atoms with E-state index in [1.165, 1.54) is 6.33 Å². The Labute approximate surface area is 156 Å². The van der Waals surface area contributed by atoms with Crippen molar-refractivity contribution in [2.45, 2.75) is 6.61 Å². The molecule has 0 aliphatic rings. The van der Waals surface area contributed by atoms with Crippen LogP contribution in [0.5, 0.6) is 5.88 Å². The van der Waals surface area contributed by atoms with Crippen molar-refractivity contribution in [1.29, 1.82) is 0 Å². The second kappa shape index (κ2) is 7.66. The van der Waals surface area contributed by atoms with Crippen molar-refractivity contribution in [1.82, 2.24) is 15.0 Å². The fourth-order valence-electron chi connectivity index (χ4n) is 2.79. The normalized spacial score (nSPS) is 11.1. The van der Waals surface area contributed by atoms with Crippen LogP contribution in [0.3, 0.4) is 0 Å². The number of rotatable bonds is 6. The van der Waals surface area contributed by atoms with Gasteiger partial charge in [0, 0.05) is 17.3 Å². The zero-order valence-electron chi connectivity index (χ0n) is 14.5. The quantitative estimate of drug-likeness (QED) is 0.410. The molecule has 1 N–H and O–H groups in total. The van der Waals surface area contributed by atoms with Gasteiger partial charge < -0.3 is 9.72 Å². The van der Waals surface area contributed by atoms with Crippen molar-refractivity contribution in [2.75, 3.05) is 0 Å². The summed E-state index contributed by atoms with van der Waals surface area (Å²) in [6.45, 7) is 0.407. The summed E-state index contributed by atoms with van der Waals surface area (Å²) >= 11 is 0. The monoisotopic (exact) mass is 355 g/mol. The van der Waals surface area contributed by atoms with Crippen molar-refractivity contribution < 1.29 is 9.53 Å². The molecule has 0 saturated carbocycles. The Bertz CT molecular complexity index is 1090. The maximum absolute atomic E-state index is 12.3. The van der Waals surface area contributed by atoms with E-state index in [0.29, 0.717) is 23.7 Å². The van der Waals surface area contributed by atoms with E-state index in [1.807, 2.05) is 48.5 Å². The molecule has 0 bridgehead atoms. The Balaban J connectivity index is 1.60. The summed E-state index contributed by atoms with van der Waals surface area (Å²) in [5, 5.41) is 0.755. The van der Waals surface area contributed by atoms with Crippen molar-refractivity contribution in [3.63, 3.8) is 0 Å². The first-order valence-corrected chi connectivity index (χ1v) is 8.57. The van der Waals surface area contributed by atoms with Crippen LogP contribution in [-0.4, -0.2) is 20.7 Å². The molecule has 4 aromatic rings. The van der Waals surface area contributed by atoms with E-state index >= 15 is 0 Å². The molecule has 2 heterocycles. The lowest BCUT2D eigenvalue weighted by Crippen LogP contribution is -1.98. The third-order valence-corrected chi connectivity index (χ3v) is 4.16. The summed E-state index contributed by atoms with van der Waals surface area (Å²) in [5.74, 6) is 0.422. The lowest BCUT2D eigenvalue weighted by atomic mass is 10.1. The first kappa shape index (κ1) is 16.7. The molecular weight excluding hydrogens is 338 g/mol. The first-order chi connectivity index (χ1) is 13.3. The van der Waals surface area contributed by atoms with Gasteiger partial charge in [-0.3, -0.25) is 4.79 Å². The highest BCUT2D eigenvalue weighted by Crippen LogP contribution is 2.27. The van der Waals surface area contributed by atoms with Gasteiger partial charge in [-0.1, -0.05) is 60.7 Å². The van der Waals surface area contributed by atoms with Crippen LogP contribution in [0, 0.1) is 0 Å². The van der Waals surface area contributed by atoms with E-state index in [0.717, 1.165) is 16.5 Å². The summed E-state index contributed by atoms with van der Waals surface area (Å²) in [5.41, 5.74) is 3.17. The van der Waals surface area contributed by atoms with Gasteiger partial charge in [0.2, 0.25) is 5.88 Å². The molecule has 0 unspecified atom stereocenters. The molecule has 2 aromatic heterocycles. The highest BCUT2D eigenvalue weighted by Gasteiger charge is 2.11. The lowest BCUT2D eigenvalue weighted by Gasteiger charge is -2.06. The third kappa shape index (κ3) is 3.77. The third-order valence-electron chi connectivity index (χ3n) is 4.16. The van der Waals surface area contributed by atoms with Crippen molar-refractivity contribution >= 4 is 22.9 Å². The molecule has 5 heteroatoms. The van der Waals surface area contributed by atoms with Gasteiger partial charge in [-0.15, -0.1) is 0 Å². The van der Waals surface area contributed by atoms with Gasteiger partial charge in [-0.05, 0) is 17.7 Å². The summed E-state index contributed by atoms with van der Waals surface area (Å²) in [6, 6.07) is 19.0. The fourth-order valence-corrected chi connectivity index (χ4v) is 2.79.